The molecule has 5 nitrogen and oxygen atoms in total. The minimum absolute atomic E-state index is 0.0187. The van der Waals surface area contributed by atoms with Crippen molar-refractivity contribution >= 4 is 23.2 Å². The van der Waals surface area contributed by atoms with E-state index in [1.807, 2.05) is 12.1 Å². The summed E-state index contributed by atoms with van der Waals surface area (Å²) in [4.78, 5) is 26.7. The molecule has 1 saturated carbocycles. The molecule has 5 heteroatoms. The molecule has 0 spiro atoms. The number of benzene rings is 1. The summed E-state index contributed by atoms with van der Waals surface area (Å²) in [6.45, 7) is 7.19. The van der Waals surface area contributed by atoms with Crippen molar-refractivity contribution in [3.63, 3.8) is 0 Å². The van der Waals surface area contributed by atoms with E-state index in [0.717, 1.165) is 25.2 Å². The van der Waals surface area contributed by atoms with E-state index >= 15 is 0 Å². The third kappa shape index (κ3) is 4.74. The van der Waals surface area contributed by atoms with Crippen LogP contribution in [-0.4, -0.2) is 31.4 Å². The lowest BCUT2D eigenvalue weighted by Gasteiger charge is -2.17. The van der Waals surface area contributed by atoms with Gasteiger partial charge in [-0.05, 0) is 55.9 Å². The van der Waals surface area contributed by atoms with Gasteiger partial charge < -0.3 is 15.5 Å². The summed E-state index contributed by atoms with van der Waals surface area (Å²) in [6.07, 6.45) is 4.13. The molecule has 3 rings (SSSR count). The molecule has 1 aromatic carbocycles. The summed E-state index contributed by atoms with van der Waals surface area (Å²) in [7, 11) is 0. The number of carbonyl (C=O) groups is 2. The summed E-state index contributed by atoms with van der Waals surface area (Å²) in [6, 6.07) is 8.02. The van der Waals surface area contributed by atoms with Gasteiger partial charge in [0.25, 0.3) is 0 Å². The molecule has 1 aromatic rings. The predicted molar refractivity (Wildman–Crippen MR) is 101 cm³/mol. The van der Waals surface area contributed by atoms with Gasteiger partial charge in [-0.2, -0.15) is 0 Å². The second kappa shape index (κ2) is 7.89. The standard InChI is InChI=1S/C20H29N3O2/c1-14(2)9-10-21-19(24)17-13-18(17)20(25)22-15-5-7-16(8-6-15)23-11-3-4-12-23/h5-8,14,17-18H,3-4,9-13H2,1-2H3,(H,21,24)(H,22,25). The third-order valence-electron chi connectivity index (χ3n) is 5.09. The lowest BCUT2D eigenvalue weighted by molar-refractivity contribution is -0.125. The van der Waals surface area contributed by atoms with Gasteiger partial charge in [-0.3, -0.25) is 9.59 Å². The number of rotatable bonds is 7. The van der Waals surface area contributed by atoms with E-state index in [-0.39, 0.29) is 23.7 Å². The third-order valence-corrected chi connectivity index (χ3v) is 5.09. The molecular weight excluding hydrogens is 314 g/mol. The van der Waals surface area contributed by atoms with Gasteiger partial charge in [0, 0.05) is 31.0 Å². The van der Waals surface area contributed by atoms with E-state index in [1.165, 1.54) is 18.5 Å². The largest absolute Gasteiger partial charge is 0.372 e. The Bertz CT molecular complexity index is 606. The second-order valence-electron chi connectivity index (χ2n) is 7.65. The normalized spacial score (nSPS) is 22.1. The maximum Gasteiger partial charge on any atom is 0.228 e. The monoisotopic (exact) mass is 343 g/mol. The number of anilines is 2. The fourth-order valence-corrected chi connectivity index (χ4v) is 3.36. The highest BCUT2D eigenvalue weighted by molar-refractivity contribution is 5.99. The average molecular weight is 343 g/mol. The molecule has 0 bridgehead atoms. The van der Waals surface area contributed by atoms with Crippen molar-refractivity contribution in [2.24, 2.45) is 17.8 Å². The minimum atomic E-state index is -0.183. The van der Waals surface area contributed by atoms with Crippen LogP contribution in [0.25, 0.3) is 0 Å². The Morgan fingerprint density at radius 1 is 1.08 bits per heavy atom. The van der Waals surface area contributed by atoms with E-state index in [1.54, 1.807) is 0 Å². The molecule has 2 N–H and O–H groups in total. The summed E-state index contributed by atoms with van der Waals surface area (Å²) < 4.78 is 0. The zero-order valence-corrected chi connectivity index (χ0v) is 15.3. The number of hydrogen-bond acceptors (Lipinski definition) is 3. The number of amides is 2. The number of nitrogens with one attached hydrogen (secondary N) is 2. The predicted octanol–water partition coefficient (Wildman–Crippen LogP) is 3.02. The number of nitrogens with zero attached hydrogens (tertiary/aromatic N) is 1. The highest BCUT2D eigenvalue weighted by atomic mass is 16.2. The first kappa shape index (κ1) is 17.8. The molecule has 1 heterocycles. The van der Waals surface area contributed by atoms with Crippen molar-refractivity contribution in [1.82, 2.24) is 5.32 Å². The van der Waals surface area contributed by atoms with Gasteiger partial charge in [0.15, 0.2) is 0 Å². The Kier molecular flexibility index (Phi) is 5.61. The maximum absolute atomic E-state index is 12.3. The van der Waals surface area contributed by atoms with Crippen molar-refractivity contribution in [2.75, 3.05) is 29.9 Å². The van der Waals surface area contributed by atoms with Crippen LogP contribution in [0.15, 0.2) is 24.3 Å². The molecule has 0 aromatic heterocycles. The zero-order valence-electron chi connectivity index (χ0n) is 15.3. The molecule has 2 aliphatic rings. The first-order chi connectivity index (χ1) is 12.0. The summed E-state index contributed by atoms with van der Waals surface area (Å²) in [5.41, 5.74) is 2.02. The second-order valence-corrected chi connectivity index (χ2v) is 7.65. The van der Waals surface area contributed by atoms with Crippen LogP contribution < -0.4 is 15.5 Å². The Morgan fingerprint density at radius 2 is 1.72 bits per heavy atom. The van der Waals surface area contributed by atoms with E-state index in [0.29, 0.717) is 18.9 Å². The van der Waals surface area contributed by atoms with Crippen LogP contribution in [0, 0.1) is 17.8 Å². The average Bonchev–Trinajstić information content (AvgIpc) is 3.21. The molecule has 1 saturated heterocycles. The molecule has 2 fully saturated rings. The fraction of sp³-hybridized carbons (Fsp3) is 0.600. The van der Waals surface area contributed by atoms with Gasteiger partial charge in [0.2, 0.25) is 11.8 Å². The molecule has 1 aliphatic heterocycles. The van der Waals surface area contributed by atoms with E-state index in [2.05, 4.69) is 41.5 Å². The highest BCUT2D eigenvalue weighted by Gasteiger charge is 2.47. The lowest BCUT2D eigenvalue weighted by atomic mass is 10.1. The van der Waals surface area contributed by atoms with Gasteiger partial charge >= 0.3 is 0 Å². The first-order valence-electron chi connectivity index (χ1n) is 9.48. The fourth-order valence-electron chi connectivity index (χ4n) is 3.36. The molecule has 2 unspecified atom stereocenters. The molecule has 2 atom stereocenters. The molecule has 2 amide bonds. The van der Waals surface area contributed by atoms with Crippen LogP contribution >= 0.6 is 0 Å². The first-order valence-corrected chi connectivity index (χ1v) is 9.48. The lowest BCUT2D eigenvalue weighted by Crippen LogP contribution is -2.28. The van der Waals surface area contributed by atoms with Crippen molar-refractivity contribution in [3.05, 3.63) is 24.3 Å². The van der Waals surface area contributed by atoms with Crippen LogP contribution in [0.2, 0.25) is 0 Å². The Labute approximate surface area is 150 Å². The molecule has 1 aliphatic carbocycles. The van der Waals surface area contributed by atoms with Gasteiger partial charge in [-0.15, -0.1) is 0 Å². The smallest absolute Gasteiger partial charge is 0.228 e. The molecule has 25 heavy (non-hydrogen) atoms. The summed E-state index contributed by atoms with van der Waals surface area (Å²) >= 11 is 0. The van der Waals surface area contributed by atoms with Crippen LogP contribution in [0.4, 0.5) is 11.4 Å². The SMILES string of the molecule is CC(C)CCNC(=O)C1CC1C(=O)Nc1ccc(N2CCCC2)cc1. The Morgan fingerprint density at radius 3 is 2.36 bits per heavy atom. The number of carbonyl (C=O) groups excluding carboxylic acids is 2. The minimum Gasteiger partial charge on any atom is -0.372 e. The van der Waals surface area contributed by atoms with Crippen molar-refractivity contribution in [2.45, 2.75) is 39.5 Å². The van der Waals surface area contributed by atoms with E-state index in [4.69, 9.17) is 0 Å². The topological polar surface area (TPSA) is 61.4 Å². The highest BCUT2D eigenvalue weighted by Crippen LogP contribution is 2.39. The van der Waals surface area contributed by atoms with Crippen LogP contribution in [0.5, 0.6) is 0 Å². The van der Waals surface area contributed by atoms with Gasteiger partial charge in [0.05, 0.1) is 11.8 Å². The van der Waals surface area contributed by atoms with Crippen molar-refractivity contribution < 1.29 is 9.59 Å². The zero-order chi connectivity index (χ0) is 17.8. The van der Waals surface area contributed by atoms with Crippen LogP contribution in [-0.2, 0) is 9.59 Å². The quantitative estimate of drug-likeness (QED) is 0.800. The molecule has 0 radical (unpaired) electrons. The van der Waals surface area contributed by atoms with E-state index < -0.39 is 0 Å². The van der Waals surface area contributed by atoms with Gasteiger partial charge in [0.1, 0.15) is 0 Å². The maximum atomic E-state index is 12.3. The van der Waals surface area contributed by atoms with E-state index in [9.17, 15) is 9.59 Å². The van der Waals surface area contributed by atoms with Crippen LogP contribution in [0.3, 0.4) is 0 Å². The molecular formula is C20H29N3O2. The Hall–Kier alpha value is -2.04. The van der Waals surface area contributed by atoms with Gasteiger partial charge in [-0.1, -0.05) is 13.8 Å². The summed E-state index contributed by atoms with van der Waals surface area (Å²) in [5.74, 6) is 0.207. The van der Waals surface area contributed by atoms with Crippen molar-refractivity contribution in [3.8, 4) is 0 Å². The van der Waals surface area contributed by atoms with Crippen LogP contribution in [0.1, 0.15) is 39.5 Å². The van der Waals surface area contributed by atoms with Gasteiger partial charge in [-0.25, -0.2) is 0 Å². The number of hydrogen-bond donors (Lipinski definition) is 2. The summed E-state index contributed by atoms with van der Waals surface area (Å²) in [5, 5.41) is 5.88. The Balaban J connectivity index is 1.44. The molecule has 136 valence electrons. The van der Waals surface area contributed by atoms with Crippen molar-refractivity contribution in [1.29, 1.82) is 0 Å².